The molecular weight excluding hydrogens is 436 g/mol. The van der Waals surface area contributed by atoms with Gasteiger partial charge in [0.2, 0.25) is 5.91 Å². The van der Waals surface area contributed by atoms with Gasteiger partial charge in [0.25, 0.3) is 0 Å². The summed E-state index contributed by atoms with van der Waals surface area (Å²) in [7, 11) is 0. The van der Waals surface area contributed by atoms with E-state index in [-0.39, 0.29) is 17.5 Å². The number of ether oxygens (including phenoxy) is 1. The molecule has 0 radical (unpaired) electrons. The van der Waals surface area contributed by atoms with Gasteiger partial charge < -0.3 is 20.9 Å². The van der Waals surface area contributed by atoms with Crippen LogP contribution in [0.5, 0.6) is 5.75 Å². The number of nitrogens with two attached hydrogens (primary N) is 1. The maximum Gasteiger partial charge on any atom is 0.335 e. The van der Waals surface area contributed by atoms with E-state index in [4.69, 9.17) is 15.6 Å². The number of imide groups is 1. The zero-order chi connectivity index (χ0) is 24.2. The van der Waals surface area contributed by atoms with Crippen molar-refractivity contribution in [2.45, 2.75) is 25.6 Å². The summed E-state index contributed by atoms with van der Waals surface area (Å²) in [5.41, 5.74) is 7.55. The molecule has 1 aromatic heterocycles. The predicted molar refractivity (Wildman–Crippen MR) is 124 cm³/mol. The lowest BCUT2D eigenvalue weighted by Gasteiger charge is -2.45. The molecule has 1 saturated heterocycles. The molecule has 0 saturated carbocycles. The first kappa shape index (κ1) is 22.8. The molecule has 3 aromatic rings. The summed E-state index contributed by atoms with van der Waals surface area (Å²) in [5, 5.41) is 11.9. The average Bonchev–Trinajstić information content (AvgIpc) is 2.83. The Morgan fingerprint density at radius 3 is 2.50 bits per heavy atom. The van der Waals surface area contributed by atoms with Crippen molar-refractivity contribution in [2.75, 3.05) is 5.73 Å². The fourth-order valence-electron chi connectivity index (χ4n) is 3.83. The summed E-state index contributed by atoms with van der Waals surface area (Å²) in [6.45, 7) is 1.83. The van der Waals surface area contributed by atoms with E-state index in [0.29, 0.717) is 18.0 Å². The number of aromatic nitrogens is 1. The number of nitrogens with zero attached hydrogens (tertiary/aromatic N) is 2. The van der Waals surface area contributed by atoms with Crippen LogP contribution >= 0.6 is 0 Å². The van der Waals surface area contributed by atoms with E-state index in [1.165, 1.54) is 24.3 Å². The summed E-state index contributed by atoms with van der Waals surface area (Å²) in [6.07, 6.45) is 0.988. The van der Waals surface area contributed by atoms with Gasteiger partial charge in [0.1, 0.15) is 11.6 Å². The van der Waals surface area contributed by atoms with Crippen molar-refractivity contribution in [3.8, 4) is 5.75 Å². The number of nitrogen functional groups attached to an aromatic ring is 1. The van der Waals surface area contributed by atoms with Gasteiger partial charge in [0.15, 0.2) is 6.23 Å². The van der Waals surface area contributed by atoms with Crippen LogP contribution in [-0.2, 0) is 11.2 Å². The monoisotopic (exact) mass is 460 g/mol. The molecule has 9 heteroatoms. The van der Waals surface area contributed by atoms with Gasteiger partial charge in [-0.1, -0.05) is 30.3 Å². The van der Waals surface area contributed by atoms with Gasteiger partial charge in [-0.25, -0.2) is 19.5 Å². The lowest BCUT2D eigenvalue weighted by molar-refractivity contribution is -0.166. The molecule has 3 amide bonds. The fourth-order valence-corrected chi connectivity index (χ4v) is 3.83. The Labute approximate surface area is 196 Å². The largest absolute Gasteiger partial charge is 0.478 e. The lowest BCUT2D eigenvalue weighted by Crippen LogP contribution is -2.68. The maximum atomic E-state index is 13.0. The number of nitrogens with one attached hydrogen (secondary N) is 1. The zero-order valence-corrected chi connectivity index (χ0v) is 18.4. The predicted octanol–water partition coefficient (Wildman–Crippen LogP) is 3.24. The summed E-state index contributed by atoms with van der Waals surface area (Å²) in [5.74, 6) is -1.39. The molecule has 4 N–H and O–H groups in total. The minimum atomic E-state index is -1.06. The standard InChI is InChI=1S/C25H24N4O5/c1-15(17-5-3-2-4-6-17)28-25(33)29-22(30)20(13-16-11-12-27-21(26)14-16)23(29)34-19-9-7-18(8-10-19)24(31)32/h2-12,14-15,20,23H,13H2,1H3,(H2,26,27)(H,28,33)(H,31,32). The number of amides is 3. The number of aromatic carboxylic acids is 1. The molecule has 3 atom stereocenters. The molecule has 0 bridgehead atoms. The van der Waals surface area contributed by atoms with Crippen molar-refractivity contribution < 1.29 is 24.2 Å². The Kier molecular flexibility index (Phi) is 6.44. The minimum Gasteiger partial charge on any atom is -0.478 e. The quantitative estimate of drug-likeness (QED) is 0.461. The number of benzene rings is 2. The number of carboxylic acid groups (broad SMARTS) is 1. The number of urea groups is 1. The minimum absolute atomic E-state index is 0.104. The molecule has 34 heavy (non-hydrogen) atoms. The Balaban J connectivity index is 1.54. The summed E-state index contributed by atoms with van der Waals surface area (Å²) < 4.78 is 6.00. The number of pyridine rings is 1. The van der Waals surface area contributed by atoms with Gasteiger partial charge >= 0.3 is 12.0 Å². The van der Waals surface area contributed by atoms with E-state index in [1.807, 2.05) is 37.3 Å². The first-order valence-corrected chi connectivity index (χ1v) is 10.7. The highest BCUT2D eigenvalue weighted by molar-refractivity contribution is 6.01. The molecule has 2 heterocycles. The normalized spacial score (nSPS) is 18.0. The van der Waals surface area contributed by atoms with Crippen LogP contribution in [0.25, 0.3) is 0 Å². The van der Waals surface area contributed by atoms with Gasteiger partial charge in [0, 0.05) is 6.20 Å². The zero-order valence-electron chi connectivity index (χ0n) is 18.4. The number of anilines is 1. The van der Waals surface area contributed by atoms with Crippen LogP contribution in [0.3, 0.4) is 0 Å². The molecule has 2 aromatic carbocycles. The molecule has 4 rings (SSSR count). The van der Waals surface area contributed by atoms with Gasteiger partial charge in [-0.05, 0) is 60.9 Å². The summed E-state index contributed by atoms with van der Waals surface area (Å²) in [4.78, 5) is 42.2. The highest BCUT2D eigenvalue weighted by Gasteiger charge is 2.52. The van der Waals surface area contributed by atoms with Crippen LogP contribution in [0.15, 0.2) is 72.9 Å². The second-order valence-electron chi connectivity index (χ2n) is 8.03. The van der Waals surface area contributed by atoms with Crippen LogP contribution in [0.2, 0.25) is 0 Å². The third-order valence-electron chi connectivity index (χ3n) is 5.67. The molecule has 9 nitrogen and oxygen atoms in total. The van der Waals surface area contributed by atoms with E-state index >= 15 is 0 Å². The van der Waals surface area contributed by atoms with Gasteiger partial charge in [0.05, 0.1) is 17.5 Å². The number of hydrogen-bond acceptors (Lipinski definition) is 6. The first-order chi connectivity index (χ1) is 16.3. The van der Waals surface area contributed by atoms with Crippen LogP contribution < -0.4 is 15.8 Å². The number of likely N-dealkylation sites (tertiary alicyclic amines) is 1. The van der Waals surface area contributed by atoms with E-state index < -0.39 is 24.1 Å². The van der Waals surface area contributed by atoms with E-state index in [0.717, 1.165) is 16.0 Å². The van der Waals surface area contributed by atoms with Crippen molar-refractivity contribution in [1.82, 2.24) is 15.2 Å². The number of carboxylic acids is 1. The van der Waals surface area contributed by atoms with Crippen LogP contribution in [0.1, 0.15) is 34.5 Å². The second kappa shape index (κ2) is 9.62. The van der Waals surface area contributed by atoms with Gasteiger partial charge in [-0.2, -0.15) is 0 Å². The number of β-lactam (4-membered cyclic amide) rings is 1. The number of rotatable bonds is 7. The molecule has 174 valence electrons. The molecule has 1 aliphatic heterocycles. The fraction of sp³-hybridized carbons (Fsp3) is 0.200. The van der Waals surface area contributed by atoms with E-state index in [9.17, 15) is 14.4 Å². The average molecular weight is 460 g/mol. The molecule has 0 aliphatic carbocycles. The number of carbonyl (C=O) groups excluding carboxylic acids is 2. The Morgan fingerprint density at radius 1 is 1.15 bits per heavy atom. The first-order valence-electron chi connectivity index (χ1n) is 10.7. The Hall–Kier alpha value is -4.40. The van der Waals surface area contributed by atoms with Crippen molar-refractivity contribution in [2.24, 2.45) is 5.92 Å². The highest BCUT2D eigenvalue weighted by Crippen LogP contribution is 2.33. The van der Waals surface area contributed by atoms with Crippen molar-refractivity contribution in [3.63, 3.8) is 0 Å². The van der Waals surface area contributed by atoms with Crippen molar-refractivity contribution in [1.29, 1.82) is 0 Å². The lowest BCUT2D eigenvalue weighted by atomic mass is 9.89. The SMILES string of the molecule is CC(NC(=O)N1C(=O)C(Cc2ccnc(N)c2)C1Oc1ccc(C(=O)O)cc1)c1ccccc1. The van der Waals surface area contributed by atoms with Crippen molar-refractivity contribution >= 4 is 23.7 Å². The maximum absolute atomic E-state index is 13.0. The molecule has 1 aliphatic rings. The summed E-state index contributed by atoms with van der Waals surface area (Å²) in [6, 6.07) is 17.7. The number of carbonyl (C=O) groups is 3. The van der Waals surface area contributed by atoms with E-state index in [2.05, 4.69) is 10.3 Å². The molecule has 1 fully saturated rings. The smallest absolute Gasteiger partial charge is 0.335 e. The van der Waals surface area contributed by atoms with Crippen molar-refractivity contribution in [3.05, 3.63) is 89.6 Å². The highest BCUT2D eigenvalue weighted by atomic mass is 16.5. The van der Waals surface area contributed by atoms with Crippen LogP contribution in [-0.4, -0.2) is 39.1 Å². The van der Waals surface area contributed by atoms with Crippen LogP contribution in [0, 0.1) is 5.92 Å². The van der Waals surface area contributed by atoms with E-state index in [1.54, 1.807) is 18.3 Å². The topological polar surface area (TPSA) is 135 Å². The molecule has 3 unspecified atom stereocenters. The second-order valence-corrected chi connectivity index (χ2v) is 8.03. The third kappa shape index (κ3) is 4.83. The van der Waals surface area contributed by atoms with Gasteiger partial charge in [-0.15, -0.1) is 0 Å². The summed E-state index contributed by atoms with van der Waals surface area (Å²) >= 11 is 0. The Bertz CT molecular complexity index is 1200. The Morgan fingerprint density at radius 2 is 1.85 bits per heavy atom. The molecule has 0 spiro atoms. The van der Waals surface area contributed by atoms with Crippen LogP contribution in [0.4, 0.5) is 10.6 Å². The number of hydrogen-bond donors (Lipinski definition) is 3. The van der Waals surface area contributed by atoms with Gasteiger partial charge in [-0.3, -0.25) is 4.79 Å². The third-order valence-corrected chi connectivity index (χ3v) is 5.67. The molecular formula is C25H24N4O5.